The van der Waals surface area contributed by atoms with Gasteiger partial charge in [0.15, 0.2) is 6.10 Å². The van der Waals surface area contributed by atoms with Crippen molar-refractivity contribution in [3.05, 3.63) is 35.5 Å². The van der Waals surface area contributed by atoms with Gasteiger partial charge in [-0.1, -0.05) is 27.7 Å². The Labute approximate surface area is 233 Å². The Bertz CT molecular complexity index is 1150. The lowest BCUT2D eigenvalue weighted by molar-refractivity contribution is -0.171. The molecular weight excluding hydrogens is 497 g/mol. The molecule has 3 rings (SSSR count). The van der Waals surface area contributed by atoms with Crippen LogP contribution < -0.4 is 9.64 Å². The van der Waals surface area contributed by atoms with Crippen LogP contribution in [0.5, 0.6) is 5.88 Å². The fourth-order valence-corrected chi connectivity index (χ4v) is 4.65. The number of carbonyl (C=O) groups is 1. The van der Waals surface area contributed by atoms with Crippen molar-refractivity contribution in [2.75, 3.05) is 24.6 Å². The van der Waals surface area contributed by atoms with E-state index in [0.717, 1.165) is 37.2 Å². The molecule has 0 aromatic carbocycles. The molecule has 216 valence electrons. The minimum atomic E-state index is -1.00. The number of hydrogen-bond donors (Lipinski definition) is 0. The fraction of sp³-hybridized carbons (Fsp3) is 0.645. The van der Waals surface area contributed by atoms with Gasteiger partial charge in [-0.25, -0.2) is 4.79 Å². The summed E-state index contributed by atoms with van der Waals surface area (Å²) < 4.78 is 32.4. The first-order valence-corrected chi connectivity index (χ1v) is 14.0. The highest BCUT2D eigenvalue weighted by atomic mass is 19.1. The smallest absolute Gasteiger partial charge is 0.340 e. The largest absolute Gasteiger partial charge is 0.477 e. The summed E-state index contributed by atoms with van der Waals surface area (Å²) >= 11 is 0. The quantitative estimate of drug-likeness (QED) is 0.248. The van der Waals surface area contributed by atoms with E-state index >= 15 is 0 Å². The maximum Gasteiger partial charge on any atom is 0.340 e. The zero-order valence-electron chi connectivity index (χ0n) is 25.4. The molecule has 0 bridgehead atoms. The summed E-state index contributed by atoms with van der Waals surface area (Å²) in [4.78, 5) is 24.7. The number of piperidine rings is 1. The lowest BCUT2D eigenvalue weighted by atomic mass is 9.82. The Morgan fingerprint density at radius 2 is 1.74 bits per heavy atom. The molecule has 0 amide bonds. The van der Waals surface area contributed by atoms with E-state index in [1.165, 1.54) is 6.07 Å². The van der Waals surface area contributed by atoms with Gasteiger partial charge in [-0.15, -0.1) is 0 Å². The van der Waals surface area contributed by atoms with E-state index < -0.39 is 23.6 Å². The number of pyridine rings is 2. The van der Waals surface area contributed by atoms with Crippen molar-refractivity contribution >= 4 is 11.7 Å². The first kappa shape index (κ1) is 30.8. The zero-order chi connectivity index (χ0) is 29.1. The van der Waals surface area contributed by atoms with E-state index in [4.69, 9.17) is 19.2 Å². The molecule has 3 heterocycles. The third-order valence-corrected chi connectivity index (χ3v) is 6.69. The number of anilines is 1. The van der Waals surface area contributed by atoms with Gasteiger partial charge in [0.1, 0.15) is 0 Å². The third kappa shape index (κ3) is 8.13. The second-order valence-electron chi connectivity index (χ2n) is 13.0. The molecule has 0 spiro atoms. The molecule has 1 saturated heterocycles. The van der Waals surface area contributed by atoms with Gasteiger partial charge in [-0.3, -0.25) is 4.98 Å². The van der Waals surface area contributed by atoms with Gasteiger partial charge in [0, 0.05) is 41.7 Å². The molecule has 0 unspecified atom stereocenters. The van der Waals surface area contributed by atoms with E-state index in [2.05, 4.69) is 23.7 Å². The van der Waals surface area contributed by atoms with Crippen LogP contribution in [0.3, 0.4) is 0 Å². The normalized spacial score (nSPS) is 16.5. The van der Waals surface area contributed by atoms with E-state index in [1.807, 2.05) is 55.4 Å². The molecule has 2 aromatic heterocycles. The first-order chi connectivity index (χ1) is 18.1. The lowest BCUT2D eigenvalue weighted by Gasteiger charge is -2.41. The topological polar surface area (TPSA) is 73.8 Å². The predicted octanol–water partition coefficient (Wildman–Crippen LogP) is 7.06. The van der Waals surface area contributed by atoms with E-state index in [9.17, 15) is 9.18 Å². The molecule has 1 aliphatic heterocycles. The van der Waals surface area contributed by atoms with Crippen LogP contribution in [0.25, 0.3) is 11.1 Å². The maximum absolute atomic E-state index is 14.3. The van der Waals surface area contributed by atoms with Crippen LogP contribution in [-0.4, -0.2) is 47.3 Å². The minimum absolute atomic E-state index is 0.205. The summed E-state index contributed by atoms with van der Waals surface area (Å²) in [6, 6.07) is 3.01. The molecular formula is C31H46FN3O4. The number of hydrogen-bond acceptors (Lipinski definition) is 7. The SMILES string of the molecule is Cc1ncc(-c2ccc(F)nc2OCC(C)C)c(N2CCC(C)(C)CC2)c1[C@H](OC(C)(C)C)C(=O)OC(C)C. The van der Waals surface area contributed by atoms with Crippen LogP contribution in [0.1, 0.15) is 92.5 Å². The molecule has 39 heavy (non-hydrogen) atoms. The van der Waals surface area contributed by atoms with Gasteiger partial charge in [-0.05, 0) is 77.8 Å². The summed E-state index contributed by atoms with van der Waals surface area (Å²) in [5.74, 6) is -0.645. The van der Waals surface area contributed by atoms with Gasteiger partial charge in [0.2, 0.25) is 11.8 Å². The number of rotatable bonds is 9. The van der Waals surface area contributed by atoms with Crippen LogP contribution >= 0.6 is 0 Å². The molecule has 7 nitrogen and oxygen atoms in total. The van der Waals surface area contributed by atoms with E-state index in [0.29, 0.717) is 23.4 Å². The van der Waals surface area contributed by atoms with Crippen LogP contribution in [0.15, 0.2) is 18.3 Å². The number of carbonyl (C=O) groups excluding carboxylic acids is 1. The minimum Gasteiger partial charge on any atom is -0.477 e. The highest BCUT2D eigenvalue weighted by Gasteiger charge is 2.37. The van der Waals surface area contributed by atoms with Crippen LogP contribution in [0.2, 0.25) is 0 Å². The van der Waals surface area contributed by atoms with Crippen molar-refractivity contribution < 1.29 is 23.4 Å². The van der Waals surface area contributed by atoms with Crippen molar-refractivity contribution in [2.24, 2.45) is 11.3 Å². The van der Waals surface area contributed by atoms with Gasteiger partial charge in [0.05, 0.1) is 24.0 Å². The monoisotopic (exact) mass is 543 g/mol. The van der Waals surface area contributed by atoms with E-state index in [1.54, 1.807) is 12.3 Å². The molecule has 0 radical (unpaired) electrons. The number of aromatic nitrogens is 2. The number of nitrogens with zero attached hydrogens (tertiary/aromatic N) is 3. The molecule has 1 atom stereocenters. The summed E-state index contributed by atoms with van der Waals surface area (Å²) in [5, 5.41) is 0. The first-order valence-electron chi connectivity index (χ1n) is 14.0. The number of esters is 1. The molecule has 8 heteroatoms. The molecule has 0 N–H and O–H groups in total. The number of ether oxygens (including phenoxy) is 3. The zero-order valence-corrected chi connectivity index (χ0v) is 25.4. The summed E-state index contributed by atoms with van der Waals surface area (Å²) in [5.41, 5.74) is 3.09. The summed E-state index contributed by atoms with van der Waals surface area (Å²) in [6.45, 7) is 21.8. The van der Waals surface area contributed by atoms with Crippen LogP contribution in [0, 0.1) is 24.2 Å². The Morgan fingerprint density at radius 1 is 1.10 bits per heavy atom. The molecule has 2 aromatic rings. The Hall–Kier alpha value is -2.74. The van der Waals surface area contributed by atoms with Gasteiger partial charge in [-0.2, -0.15) is 9.37 Å². The average Bonchev–Trinajstić information content (AvgIpc) is 2.80. The number of halogens is 1. The average molecular weight is 544 g/mol. The van der Waals surface area contributed by atoms with Crippen molar-refractivity contribution in [1.29, 1.82) is 0 Å². The Balaban J connectivity index is 2.30. The van der Waals surface area contributed by atoms with Gasteiger partial charge < -0.3 is 19.1 Å². The Kier molecular flexibility index (Phi) is 9.63. The maximum atomic E-state index is 14.3. The van der Waals surface area contributed by atoms with E-state index in [-0.39, 0.29) is 23.3 Å². The summed E-state index contributed by atoms with van der Waals surface area (Å²) in [7, 11) is 0. The van der Waals surface area contributed by atoms with Crippen molar-refractivity contribution in [1.82, 2.24) is 9.97 Å². The van der Waals surface area contributed by atoms with Crippen molar-refractivity contribution in [3.63, 3.8) is 0 Å². The van der Waals surface area contributed by atoms with Crippen LogP contribution in [-0.2, 0) is 14.3 Å². The van der Waals surface area contributed by atoms with Crippen molar-refractivity contribution in [2.45, 2.75) is 99.9 Å². The van der Waals surface area contributed by atoms with Gasteiger partial charge >= 0.3 is 5.97 Å². The van der Waals surface area contributed by atoms with Crippen LogP contribution in [0.4, 0.5) is 10.1 Å². The summed E-state index contributed by atoms with van der Waals surface area (Å²) in [6.07, 6.45) is 2.42. The Morgan fingerprint density at radius 3 is 2.31 bits per heavy atom. The molecule has 1 fully saturated rings. The highest BCUT2D eigenvalue weighted by Crippen LogP contribution is 2.45. The third-order valence-electron chi connectivity index (χ3n) is 6.69. The second-order valence-corrected chi connectivity index (χ2v) is 13.0. The highest BCUT2D eigenvalue weighted by molar-refractivity contribution is 5.88. The fourth-order valence-electron chi connectivity index (χ4n) is 4.65. The van der Waals surface area contributed by atoms with Crippen molar-refractivity contribution in [3.8, 4) is 17.0 Å². The number of aryl methyl sites for hydroxylation is 1. The van der Waals surface area contributed by atoms with Gasteiger partial charge in [0.25, 0.3) is 0 Å². The molecule has 1 aliphatic rings. The standard InChI is InChI=1S/C31H46FN3O4/c1-19(2)18-37-28-22(11-12-24(32)34-28)23-17-33-21(5)25(26(23)35-15-13-31(9,10)14-16-35)27(39-30(6,7)8)29(36)38-20(3)4/h11-12,17,19-20,27H,13-16,18H2,1-10H3/t27-/m0/s1. The lowest BCUT2D eigenvalue weighted by Crippen LogP contribution is -2.39. The second kappa shape index (κ2) is 12.2. The predicted molar refractivity (Wildman–Crippen MR) is 153 cm³/mol. The molecule has 0 saturated carbocycles. The molecule has 0 aliphatic carbocycles.